The third kappa shape index (κ3) is 15.0. The summed E-state index contributed by atoms with van der Waals surface area (Å²) in [5, 5.41) is 8.93. The summed E-state index contributed by atoms with van der Waals surface area (Å²) in [5.41, 5.74) is 1.51. The fourth-order valence-corrected chi connectivity index (χ4v) is 3.75. The first-order valence-corrected chi connectivity index (χ1v) is 12.8. The number of anilines is 2. The molecule has 0 aromatic heterocycles. The van der Waals surface area contributed by atoms with Crippen molar-refractivity contribution in [3.63, 3.8) is 0 Å². The van der Waals surface area contributed by atoms with Crippen LogP contribution in [0.5, 0.6) is 0 Å². The second-order valence-electron chi connectivity index (χ2n) is 9.01. The standard InChI is InChI=1S/C26H43N3O2S/c1-4-5-6-7-8-9-10-11-12-13-14-15-24(30)29-26(32)28-23-18-16-22(17-19-23)27-25(31)20-21(2)3/h16-19,21H,4-15,20H2,1-3H3,(H,27,31)(H2,28,29,30,32). The summed E-state index contributed by atoms with van der Waals surface area (Å²) in [5.74, 6) is 0.281. The predicted octanol–water partition coefficient (Wildman–Crippen LogP) is 7.19. The third-order valence-corrected chi connectivity index (χ3v) is 5.48. The molecule has 180 valence electrons. The molecule has 3 N–H and O–H groups in total. The molecule has 1 aromatic carbocycles. The van der Waals surface area contributed by atoms with E-state index in [0.29, 0.717) is 23.9 Å². The van der Waals surface area contributed by atoms with Crippen molar-refractivity contribution >= 4 is 40.5 Å². The van der Waals surface area contributed by atoms with Crippen LogP contribution in [0, 0.1) is 5.92 Å². The molecule has 0 fully saturated rings. The molecule has 6 heteroatoms. The lowest BCUT2D eigenvalue weighted by molar-refractivity contribution is -0.120. The largest absolute Gasteiger partial charge is 0.332 e. The number of thiocarbonyl (C=S) groups is 1. The van der Waals surface area contributed by atoms with E-state index in [9.17, 15) is 9.59 Å². The van der Waals surface area contributed by atoms with E-state index in [1.807, 2.05) is 38.1 Å². The molecular formula is C26H43N3O2S. The maximum absolute atomic E-state index is 12.1. The fraction of sp³-hybridized carbons (Fsp3) is 0.654. The highest BCUT2D eigenvalue weighted by molar-refractivity contribution is 7.80. The summed E-state index contributed by atoms with van der Waals surface area (Å²) in [6.45, 7) is 6.28. The molecule has 0 aliphatic heterocycles. The summed E-state index contributed by atoms with van der Waals surface area (Å²) >= 11 is 5.24. The minimum atomic E-state index is -0.0454. The van der Waals surface area contributed by atoms with Gasteiger partial charge in [-0.1, -0.05) is 85.0 Å². The summed E-state index contributed by atoms with van der Waals surface area (Å²) in [7, 11) is 0. The molecular weight excluding hydrogens is 418 g/mol. The first-order chi connectivity index (χ1) is 15.4. The highest BCUT2D eigenvalue weighted by Crippen LogP contribution is 2.15. The molecule has 0 heterocycles. The van der Waals surface area contributed by atoms with Crippen molar-refractivity contribution in [3.8, 4) is 0 Å². The van der Waals surface area contributed by atoms with Crippen LogP contribution in [0.2, 0.25) is 0 Å². The smallest absolute Gasteiger partial charge is 0.226 e. The van der Waals surface area contributed by atoms with Crippen molar-refractivity contribution in [2.75, 3.05) is 10.6 Å². The minimum absolute atomic E-state index is 0.00547. The third-order valence-electron chi connectivity index (χ3n) is 5.28. The number of benzene rings is 1. The van der Waals surface area contributed by atoms with Crippen LogP contribution in [0.25, 0.3) is 0 Å². The van der Waals surface area contributed by atoms with Crippen LogP contribution in [0.3, 0.4) is 0 Å². The predicted molar refractivity (Wildman–Crippen MR) is 140 cm³/mol. The van der Waals surface area contributed by atoms with E-state index in [2.05, 4.69) is 22.9 Å². The molecule has 0 saturated carbocycles. The van der Waals surface area contributed by atoms with E-state index in [-0.39, 0.29) is 11.8 Å². The SMILES string of the molecule is CCCCCCCCCCCCCC(=O)NC(=S)Nc1ccc(NC(=O)CC(C)C)cc1. The quantitative estimate of drug-likeness (QED) is 0.180. The normalized spacial score (nSPS) is 10.8. The van der Waals surface area contributed by atoms with E-state index >= 15 is 0 Å². The van der Waals surface area contributed by atoms with E-state index in [4.69, 9.17) is 12.2 Å². The van der Waals surface area contributed by atoms with Crippen LogP contribution in [0.4, 0.5) is 11.4 Å². The summed E-state index contributed by atoms with van der Waals surface area (Å²) in [4.78, 5) is 23.9. The molecule has 0 radical (unpaired) electrons. The molecule has 5 nitrogen and oxygen atoms in total. The van der Waals surface area contributed by atoms with Crippen LogP contribution in [0.1, 0.15) is 104 Å². The number of nitrogens with one attached hydrogen (secondary N) is 3. The number of carbonyl (C=O) groups excluding carboxylic acids is 2. The van der Waals surface area contributed by atoms with Crippen molar-refractivity contribution in [1.82, 2.24) is 5.32 Å². The maximum Gasteiger partial charge on any atom is 0.226 e. The van der Waals surface area contributed by atoms with Crippen molar-refractivity contribution in [2.24, 2.45) is 5.92 Å². The van der Waals surface area contributed by atoms with E-state index < -0.39 is 0 Å². The van der Waals surface area contributed by atoms with Gasteiger partial charge in [-0.15, -0.1) is 0 Å². The van der Waals surface area contributed by atoms with Gasteiger partial charge in [-0.25, -0.2) is 0 Å². The van der Waals surface area contributed by atoms with Gasteiger partial charge in [-0.05, 0) is 48.8 Å². The lowest BCUT2D eigenvalue weighted by Crippen LogP contribution is -2.33. The highest BCUT2D eigenvalue weighted by atomic mass is 32.1. The topological polar surface area (TPSA) is 70.2 Å². The van der Waals surface area contributed by atoms with Crippen molar-refractivity contribution in [1.29, 1.82) is 0 Å². The molecule has 0 spiro atoms. The van der Waals surface area contributed by atoms with Gasteiger partial charge in [0.25, 0.3) is 0 Å². The van der Waals surface area contributed by atoms with Gasteiger partial charge in [0.1, 0.15) is 0 Å². The molecule has 0 aliphatic carbocycles. The lowest BCUT2D eigenvalue weighted by Gasteiger charge is -2.11. The molecule has 2 amide bonds. The summed E-state index contributed by atoms with van der Waals surface area (Å²) in [6, 6.07) is 7.28. The maximum atomic E-state index is 12.1. The number of rotatable bonds is 16. The number of carbonyl (C=O) groups is 2. The Labute approximate surface area is 200 Å². The van der Waals surface area contributed by atoms with Crippen LogP contribution in [0.15, 0.2) is 24.3 Å². The van der Waals surface area contributed by atoms with Crippen LogP contribution >= 0.6 is 12.2 Å². The number of hydrogen-bond acceptors (Lipinski definition) is 3. The Morgan fingerprint density at radius 1 is 0.750 bits per heavy atom. The van der Waals surface area contributed by atoms with Gasteiger partial charge >= 0.3 is 0 Å². The van der Waals surface area contributed by atoms with Crippen LogP contribution < -0.4 is 16.0 Å². The summed E-state index contributed by atoms with van der Waals surface area (Å²) < 4.78 is 0. The second-order valence-corrected chi connectivity index (χ2v) is 9.42. The Balaban J connectivity index is 2.11. The number of amides is 2. The van der Waals surface area contributed by atoms with E-state index in [1.165, 1.54) is 57.8 Å². The summed E-state index contributed by atoms with van der Waals surface area (Å²) in [6.07, 6.45) is 14.9. The van der Waals surface area contributed by atoms with Gasteiger partial charge in [-0.2, -0.15) is 0 Å². The fourth-order valence-electron chi connectivity index (χ4n) is 3.52. The van der Waals surface area contributed by atoms with Gasteiger partial charge in [-0.3, -0.25) is 9.59 Å². The average molecular weight is 462 g/mol. The van der Waals surface area contributed by atoms with Gasteiger partial charge < -0.3 is 16.0 Å². The molecule has 0 bridgehead atoms. The first kappa shape index (κ1) is 28.1. The zero-order chi connectivity index (χ0) is 23.6. The van der Waals surface area contributed by atoms with Crippen molar-refractivity contribution < 1.29 is 9.59 Å². The minimum Gasteiger partial charge on any atom is -0.332 e. The van der Waals surface area contributed by atoms with Crippen LogP contribution in [-0.4, -0.2) is 16.9 Å². The molecule has 1 aromatic rings. The van der Waals surface area contributed by atoms with Crippen LogP contribution in [-0.2, 0) is 9.59 Å². The molecule has 0 saturated heterocycles. The van der Waals surface area contributed by atoms with Gasteiger partial charge in [0.05, 0.1) is 0 Å². The Kier molecular flexibility index (Phi) is 15.4. The van der Waals surface area contributed by atoms with Gasteiger partial charge in [0.15, 0.2) is 5.11 Å². The van der Waals surface area contributed by atoms with Gasteiger partial charge in [0, 0.05) is 24.2 Å². The van der Waals surface area contributed by atoms with E-state index in [1.54, 1.807) is 0 Å². The first-order valence-electron chi connectivity index (χ1n) is 12.4. The molecule has 0 aliphatic rings. The number of unbranched alkanes of at least 4 members (excludes halogenated alkanes) is 10. The zero-order valence-corrected chi connectivity index (χ0v) is 21.1. The Morgan fingerprint density at radius 2 is 1.22 bits per heavy atom. The van der Waals surface area contributed by atoms with Gasteiger partial charge in [0.2, 0.25) is 11.8 Å². The highest BCUT2D eigenvalue weighted by Gasteiger charge is 2.07. The van der Waals surface area contributed by atoms with Crippen molar-refractivity contribution in [2.45, 2.75) is 104 Å². The molecule has 0 unspecified atom stereocenters. The Morgan fingerprint density at radius 3 is 1.72 bits per heavy atom. The number of hydrogen-bond donors (Lipinski definition) is 3. The Bertz CT molecular complexity index is 674. The molecule has 0 atom stereocenters. The molecule has 32 heavy (non-hydrogen) atoms. The monoisotopic (exact) mass is 461 g/mol. The average Bonchev–Trinajstić information content (AvgIpc) is 2.72. The van der Waals surface area contributed by atoms with Crippen molar-refractivity contribution in [3.05, 3.63) is 24.3 Å². The lowest BCUT2D eigenvalue weighted by atomic mass is 10.1. The molecule has 1 rings (SSSR count). The second kappa shape index (κ2) is 17.6. The zero-order valence-electron chi connectivity index (χ0n) is 20.3. The van der Waals surface area contributed by atoms with E-state index in [0.717, 1.165) is 24.2 Å². The Hall–Kier alpha value is -1.95.